The summed E-state index contributed by atoms with van der Waals surface area (Å²) in [4.78, 5) is 24.0. The van der Waals surface area contributed by atoms with E-state index in [-0.39, 0.29) is 5.91 Å². The molecule has 6 heteroatoms. The zero-order chi connectivity index (χ0) is 15.5. The molecule has 114 valence electrons. The van der Waals surface area contributed by atoms with Crippen LogP contribution in [-0.4, -0.2) is 29.1 Å². The van der Waals surface area contributed by atoms with Gasteiger partial charge in [0, 0.05) is 10.6 Å². The molecule has 0 bridgehead atoms. The second-order valence-corrected chi connectivity index (χ2v) is 5.64. The van der Waals surface area contributed by atoms with Crippen molar-refractivity contribution in [1.29, 1.82) is 0 Å². The molecule has 1 aliphatic heterocycles. The van der Waals surface area contributed by atoms with Crippen molar-refractivity contribution in [2.24, 2.45) is 0 Å². The van der Waals surface area contributed by atoms with Crippen LogP contribution < -0.4 is 10.6 Å². The van der Waals surface area contributed by atoms with Crippen LogP contribution in [0.25, 0.3) is 0 Å². The van der Waals surface area contributed by atoms with Gasteiger partial charge < -0.3 is 15.7 Å². The quantitative estimate of drug-likeness (QED) is 0.778. The molecule has 0 aliphatic carbocycles. The molecule has 2 atom stereocenters. The van der Waals surface area contributed by atoms with Crippen molar-refractivity contribution in [2.75, 3.05) is 6.54 Å². The highest BCUT2D eigenvalue weighted by atomic mass is 35.5. The van der Waals surface area contributed by atoms with E-state index in [0.717, 1.165) is 13.0 Å². The Balaban J connectivity index is 2.23. The minimum absolute atomic E-state index is 0.283. The van der Waals surface area contributed by atoms with Gasteiger partial charge in [-0.05, 0) is 31.9 Å². The fourth-order valence-corrected chi connectivity index (χ4v) is 2.96. The van der Waals surface area contributed by atoms with Gasteiger partial charge in [-0.15, -0.1) is 0 Å². The average Bonchev–Trinajstić information content (AvgIpc) is 2.95. The van der Waals surface area contributed by atoms with Crippen LogP contribution in [0.2, 0.25) is 5.02 Å². The molecule has 1 aliphatic rings. The third-order valence-electron chi connectivity index (χ3n) is 4.02. The minimum atomic E-state index is -1.14. The number of carbonyl (C=O) groups excluding carboxylic acids is 1. The Labute approximate surface area is 128 Å². The monoisotopic (exact) mass is 310 g/mol. The molecule has 0 aromatic heterocycles. The first-order chi connectivity index (χ1) is 10.00. The van der Waals surface area contributed by atoms with Crippen molar-refractivity contribution in [2.45, 2.75) is 37.8 Å². The zero-order valence-electron chi connectivity index (χ0n) is 11.9. The SMILES string of the molecule is CCC1(C(=O)N[C@@H](C(=O)O)c2ccccc2Cl)CCCN1. The summed E-state index contributed by atoms with van der Waals surface area (Å²) in [6.07, 6.45) is 2.24. The van der Waals surface area contributed by atoms with Crippen LogP contribution in [0.5, 0.6) is 0 Å². The molecule has 1 amide bonds. The molecule has 1 saturated heterocycles. The van der Waals surface area contributed by atoms with Gasteiger partial charge in [-0.2, -0.15) is 0 Å². The van der Waals surface area contributed by atoms with E-state index >= 15 is 0 Å². The number of hydrogen-bond donors (Lipinski definition) is 3. The average molecular weight is 311 g/mol. The van der Waals surface area contributed by atoms with Crippen LogP contribution >= 0.6 is 11.6 Å². The first-order valence-electron chi connectivity index (χ1n) is 7.03. The minimum Gasteiger partial charge on any atom is -0.479 e. The molecule has 1 heterocycles. The van der Waals surface area contributed by atoms with Crippen molar-refractivity contribution in [3.8, 4) is 0 Å². The van der Waals surface area contributed by atoms with Gasteiger partial charge in [0.2, 0.25) is 5.91 Å². The number of carbonyl (C=O) groups is 2. The highest BCUT2D eigenvalue weighted by Gasteiger charge is 2.41. The number of carboxylic acid groups (broad SMARTS) is 1. The molecule has 1 fully saturated rings. The molecule has 2 rings (SSSR count). The Hall–Kier alpha value is -1.59. The van der Waals surface area contributed by atoms with E-state index in [0.29, 0.717) is 23.4 Å². The summed E-state index contributed by atoms with van der Waals surface area (Å²) in [6.45, 7) is 2.69. The summed E-state index contributed by atoms with van der Waals surface area (Å²) in [5.74, 6) is -1.41. The first kappa shape index (κ1) is 15.8. The van der Waals surface area contributed by atoms with E-state index in [4.69, 9.17) is 11.6 Å². The topological polar surface area (TPSA) is 78.4 Å². The van der Waals surface area contributed by atoms with E-state index in [1.165, 1.54) is 0 Å². The summed E-state index contributed by atoms with van der Waals surface area (Å²) in [5, 5.41) is 15.5. The Morgan fingerprint density at radius 1 is 1.48 bits per heavy atom. The number of benzene rings is 1. The maximum absolute atomic E-state index is 12.5. The van der Waals surface area contributed by atoms with E-state index in [1.54, 1.807) is 24.3 Å². The van der Waals surface area contributed by atoms with Crippen LogP contribution in [0.3, 0.4) is 0 Å². The van der Waals surface area contributed by atoms with Crippen molar-refractivity contribution in [3.05, 3.63) is 34.9 Å². The van der Waals surface area contributed by atoms with Crippen molar-refractivity contribution < 1.29 is 14.7 Å². The van der Waals surface area contributed by atoms with E-state index in [9.17, 15) is 14.7 Å². The highest BCUT2D eigenvalue weighted by molar-refractivity contribution is 6.31. The molecular formula is C15H19ClN2O3. The van der Waals surface area contributed by atoms with Crippen molar-refractivity contribution in [1.82, 2.24) is 10.6 Å². The molecule has 3 N–H and O–H groups in total. The van der Waals surface area contributed by atoms with Gasteiger partial charge in [-0.1, -0.05) is 36.7 Å². The van der Waals surface area contributed by atoms with E-state index in [1.807, 2.05) is 6.92 Å². The molecule has 0 radical (unpaired) electrons. The molecule has 0 spiro atoms. The van der Waals surface area contributed by atoms with Gasteiger partial charge in [0.05, 0.1) is 5.54 Å². The van der Waals surface area contributed by atoms with Crippen LogP contribution in [-0.2, 0) is 9.59 Å². The molecule has 1 unspecified atom stereocenters. The number of hydrogen-bond acceptors (Lipinski definition) is 3. The lowest BCUT2D eigenvalue weighted by Gasteiger charge is -2.28. The van der Waals surface area contributed by atoms with Gasteiger partial charge in [-0.25, -0.2) is 4.79 Å². The zero-order valence-corrected chi connectivity index (χ0v) is 12.6. The second-order valence-electron chi connectivity index (χ2n) is 5.23. The summed E-state index contributed by atoms with van der Waals surface area (Å²) in [6, 6.07) is 5.51. The highest BCUT2D eigenvalue weighted by Crippen LogP contribution is 2.27. The molecule has 1 aromatic rings. The predicted molar refractivity (Wildman–Crippen MR) is 80.2 cm³/mol. The number of aliphatic carboxylic acids is 1. The maximum Gasteiger partial charge on any atom is 0.330 e. The summed E-state index contributed by atoms with van der Waals surface area (Å²) < 4.78 is 0. The fraction of sp³-hybridized carbons (Fsp3) is 0.467. The molecule has 5 nitrogen and oxygen atoms in total. The number of amides is 1. The summed E-state index contributed by atoms with van der Waals surface area (Å²) in [5.41, 5.74) is -0.279. The summed E-state index contributed by atoms with van der Waals surface area (Å²) >= 11 is 6.04. The number of carboxylic acids is 1. The van der Waals surface area contributed by atoms with Gasteiger partial charge in [0.25, 0.3) is 0 Å². The number of halogens is 1. The Kier molecular flexibility index (Phi) is 4.85. The maximum atomic E-state index is 12.5. The van der Waals surface area contributed by atoms with Crippen LogP contribution in [0.1, 0.15) is 37.8 Å². The molecular weight excluding hydrogens is 292 g/mol. The Bertz CT molecular complexity index is 541. The second kappa shape index (κ2) is 6.45. The third-order valence-corrected chi connectivity index (χ3v) is 4.36. The lowest BCUT2D eigenvalue weighted by atomic mass is 9.92. The van der Waals surface area contributed by atoms with Crippen LogP contribution in [0.4, 0.5) is 0 Å². The van der Waals surface area contributed by atoms with Gasteiger partial charge >= 0.3 is 5.97 Å². The van der Waals surface area contributed by atoms with Crippen molar-refractivity contribution in [3.63, 3.8) is 0 Å². The fourth-order valence-electron chi connectivity index (χ4n) is 2.71. The molecule has 0 saturated carbocycles. The standard InChI is InChI=1S/C15H19ClN2O3/c1-2-15(8-5-9-17-15)14(21)18-12(13(19)20)10-6-3-4-7-11(10)16/h3-4,6-7,12,17H,2,5,8-9H2,1H3,(H,18,21)(H,19,20)/t12-,15?/m1/s1. The summed E-state index contributed by atoms with van der Waals surface area (Å²) in [7, 11) is 0. The number of nitrogens with one attached hydrogen (secondary N) is 2. The lowest BCUT2D eigenvalue weighted by Crippen LogP contribution is -2.54. The largest absolute Gasteiger partial charge is 0.479 e. The normalized spacial score (nSPS) is 22.8. The Morgan fingerprint density at radius 3 is 2.71 bits per heavy atom. The van der Waals surface area contributed by atoms with Crippen LogP contribution in [0, 0.1) is 0 Å². The van der Waals surface area contributed by atoms with Crippen LogP contribution in [0.15, 0.2) is 24.3 Å². The van der Waals surface area contributed by atoms with E-state index in [2.05, 4.69) is 10.6 Å². The van der Waals surface area contributed by atoms with Crippen molar-refractivity contribution >= 4 is 23.5 Å². The smallest absolute Gasteiger partial charge is 0.330 e. The van der Waals surface area contributed by atoms with Gasteiger partial charge in [0.15, 0.2) is 6.04 Å². The predicted octanol–water partition coefficient (Wildman–Crippen LogP) is 2.11. The molecule has 21 heavy (non-hydrogen) atoms. The molecule has 1 aromatic carbocycles. The third kappa shape index (κ3) is 3.19. The van der Waals surface area contributed by atoms with E-state index < -0.39 is 17.6 Å². The lowest BCUT2D eigenvalue weighted by molar-refractivity contribution is -0.143. The first-order valence-corrected chi connectivity index (χ1v) is 7.41. The Morgan fingerprint density at radius 2 is 2.19 bits per heavy atom. The van der Waals surface area contributed by atoms with Gasteiger partial charge in [-0.3, -0.25) is 4.79 Å². The number of rotatable bonds is 5. The van der Waals surface area contributed by atoms with Gasteiger partial charge in [0.1, 0.15) is 0 Å².